The van der Waals surface area contributed by atoms with Crippen LogP contribution in [0.25, 0.3) is 0 Å². The Labute approximate surface area is 107 Å². The lowest BCUT2D eigenvalue weighted by Crippen LogP contribution is -2.43. The van der Waals surface area contributed by atoms with E-state index in [1.54, 1.807) is 20.8 Å². The Morgan fingerprint density at radius 2 is 2.00 bits per heavy atom. The third-order valence-electron chi connectivity index (χ3n) is 2.84. The van der Waals surface area contributed by atoms with E-state index in [4.69, 9.17) is 14.9 Å². The van der Waals surface area contributed by atoms with Gasteiger partial charge in [0.05, 0.1) is 0 Å². The second kappa shape index (κ2) is 5.56. The predicted octanol–water partition coefficient (Wildman–Crippen LogP) is 1.08. The van der Waals surface area contributed by atoms with Gasteiger partial charge in [0.15, 0.2) is 0 Å². The lowest BCUT2D eigenvalue weighted by Gasteiger charge is -2.26. The molecule has 0 bridgehead atoms. The van der Waals surface area contributed by atoms with Gasteiger partial charge in [0.2, 0.25) is 0 Å². The molecule has 1 aliphatic rings. The molecule has 0 unspecified atom stereocenters. The molecule has 0 aromatic rings. The van der Waals surface area contributed by atoms with Crippen molar-refractivity contribution in [3.8, 4) is 0 Å². The number of carboxylic acids is 1. The number of hydrogen-bond acceptors (Lipinski definition) is 4. The zero-order chi connectivity index (χ0) is 13.9. The smallest absolute Gasteiger partial charge is 0.411 e. The van der Waals surface area contributed by atoms with E-state index in [2.05, 4.69) is 0 Å². The molecule has 104 valence electrons. The third-order valence-corrected chi connectivity index (χ3v) is 2.84. The van der Waals surface area contributed by atoms with E-state index < -0.39 is 23.7 Å². The van der Waals surface area contributed by atoms with Crippen molar-refractivity contribution in [1.82, 2.24) is 4.90 Å². The minimum Gasteiger partial charge on any atom is -0.480 e. The number of aliphatic hydroxyl groups excluding tert-OH is 1. The molecule has 1 heterocycles. The first-order valence-electron chi connectivity index (χ1n) is 6.08. The van der Waals surface area contributed by atoms with Gasteiger partial charge in [-0.15, -0.1) is 0 Å². The van der Waals surface area contributed by atoms with Crippen molar-refractivity contribution in [2.24, 2.45) is 5.92 Å². The van der Waals surface area contributed by atoms with E-state index in [0.717, 1.165) is 0 Å². The van der Waals surface area contributed by atoms with Gasteiger partial charge in [-0.2, -0.15) is 0 Å². The summed E-state index contributed by atoms with van der Waals surface area (Å²) < 4.78 is 5.19. The second-order valence-corrected chi connectivity index (χ2v) is 5.60. The maximum atomic E-state index is 11.9. The van der Waals surface area contributed by atoms with Crippen molar-refractivity contribution in [3.63, 3.8) is 0 Å². The van der Waals surface area contributed by atoms with Crippen LogP contribution in [0.1, 0.15) is 33.6 Å². The Kier molecular flexibility index (Phi) is 4.56. The van der Waals surface area contributed by atoms with Crippen LogP contribution in [0.15, 0.2) is 0 Å². The molecule has 1 amide bonds. The van der Waals surface area contributed by atoms with Crippen molar-refractivity contribution >= 4 is 12.1 Å². The maximum Gasteiger partial charge on any atom is 0.411 e. The zero-order valence-corrected chi connectivity index (χ0v) is 11.0. The molecule has 1 rings (SSSR count). The molecule has 1 saturated heterocycles. The number of aliphatic carboxylic acids is 1. The Morgan fingerprint density at radius 3 is 2.44 bits per heavy atom. The van der Waals surface area contributed by atoms with Crippen molar-refractivity contribution < 1.29 is 24.5 Å². The summed E-state index contributed by atoms with van der Waals surface area (Å²) in [5, 5.41) is 18.0. The van der Waals surface area contributed by atoms with Gasteiger partial charge in [0, 0.05) is 13.2 Å². The van der Waals surface area contributed by atoms with E-state index in [1.165, 1.54) is 4.90 Å². The number of likely N-dealkylation sites (tertiary alicyclic amines) is 1. The summed E-state index contributed by atoms with van der Waals surface area (Å²) in [5.41, 5.74) is -0.644. The summed E-state index contributed by atoms with van der Waals surface area (Å²) in [7, 11) is 0. The van der Waals surface area contributed by atoms with Crippen LogP contribution >= 0.6 is 0 Å². The average Bonchev–Trinajstić information content (AvgIpc) is 2.59. The Morgan fingerprint density at radius 1 is 1.39 bits per heavy atom. The first-order chi connectivity index (χ1) is 8.24. The highest BCUT2D eigenvalue weighted by Crippen LogP contribution is 2.27. The van der Waals surface area contributed by atoms with Crippen LogP contribution in [-0.4, -0.2) is 52.0 Å². The van der Waals surface area contributed by atoms with Crippen LogP contribution < -0.4 is 0 Å². The number of ether oxygens (including phenoxy) is 1. The standard InChI is InChI=1S/C12H21NO5/c1-12(2,3)18-11(17)13-7-8(4-5-14)6-9(13)10(15)16/h8-9,14H,4-7H2,1-3H3,(H,15,16)/t8-,9+/m1/s1. The van der Waals surface area contributed by atoms with Gasteiger partial charge in [-0.1, -0.05) is 0 Å². The molecule has 0 saturated carbocycles. The van der Waals surface area contributed by atoms with E-state index in [9.17, 15) is 9.59 Å². The van der Waals surface area contributed by atoms with Gasteiger partial charge in [-0.25, -0.2) is 9.59 Å². The van der Waals surface area contributed by atoms with Gasteiger partial charge in [-0.05, 0) is 39.5 Å². The SMILES string of the molecule is CC(C)(C)OC(=O)N1C[C@H](CCO)C[C@H]1C(=O)O. The highest BCUT2D eigenvalue weighted by atomic mass is 16.6. The lowest BCUT2D eigenvalue weighted by molar-refractivity contribution is -0.142. The van der Waals surface area contributed by atoms with Crippen LogP contribution in [0, 0.1) is 5.92 Å². The quantitative estimate of drug-likeness (QED) is 0.792. The molecule has 2 atom stereocenters. The first kappa shape index (κ1) is 14.8. The summed E-state index contributed by atoms with van der Waals surface area (Å²) in [4.78, 5) is 24.3. The van der Waals surface area contributed by atoms with Crippen LogP contribution in [-0.2, 0) is 9.53 Å². The fourth-order valence-corrected chi connectivity index (χ4v) is 2.07. The van der Waals surface area contributed by atoms with Crippen LogP contribution in [0.3, 0.4) is 0 Å². The topological polar surface area (TPSA) is 87.1 Å². The fourth-order valence-electron chi connectivity index (χ4n) is 2.07. The van der Waals surface area contributed by atoms with Gasteiger partial charge >= 0.3 is 12.1 Å². The van der Waals surface area contributed by atoms with Gasteiger partial charge < -0.3 is 14.9 Å². The number of amides is 1. The Balaban J connectivity index is 2.72. The molecule has 0 radical (unpaired) electrons. The molecule has 1 aliphatic heterocycles. The monoisotopic (exact) mass is 259 g/mol. The van der Waals surface area contributed by atoms with E-state index in [1.807, 2.05) is 0 Å². The summed E-state index contributed by atoms with van der Waals surface area (Å²) in [5.74, 6) is -1.01. The number of carbonyl (C=O) groups excluding carboxylic acids is 1. The Hall–Kier alpha value is -1.30. The first-order valence-corrected chi connectivity index (χ1v) is 6.08. The molecule has 6 nitrogen and oxygen atoms in total. The van der Waals surface area contributed by atoms with E-state index in [-0.39, 0.29) is 12.5 Å². The van der Waals surface area contributed by atoms with Gasteiger partial charge in [0.25, 0.3) is 0 Å². The number of hydrogen-bond donors (Lipinski definition) is 2. The largest absolute Gasteiger partial charge is 0.480 e. The average molecular weight is 259 g/mol. The molecule has 6 heteroatoms. The van der Waals surface area contributed by atoms with Gasteiger partial charge in [0.1, 0.15) is 11.6 Å². The van der Waals surface area contributed by atoms with E-state index >= 15 is 0 Å². The number of nitrogens with zero attached hydrogens (tertiary/aromatic N) is 1. The summed E-state index contributed by atoms with van der Waals surface area (Å²) in [6.07, 6.45) is 0.272. The number of carboxylic acid groups (broad SMARTS) is 1. The van der Waals surface area contributed by atoms with E-state index in [0.29, 0.717) is 19.4 Å². The lowest BCUT2D eigenvalue weighted by atomic mass is 10.0. The molecule has 0 aromatic heterocycles. The third kappa shape index (κ3) is 3.87. The highest BCUT2D eigenvalue weighted by molar-refractivity contribution is 5.80. The summed E-state index contributed by atoms with van der Waals surface area (Å²) in [6, 6.07) is -0.851. The maximum absolute atomic E-state index is 11.9. The molecule has 0 aromatic carbocycles. The molecule has 2 N–H and O–H groups in total. The normalized spacial score (nSPS) is 24.1. The predicted molar refractivity (Wildman–Crippen MR) is 64.2 cm³/mol. The van der Waals surface area contributed by atoms with Crippen LogP contribution in [0.5, 0.6) is 0 Å². The van der Waals surface area contributed by atoms with Crippen molar-refractivity contribution in [2.45, 2.75) is 45.3 Å². The summed E-state index contributed by atoms with van der Waals surface area (Å²) >= 11 is 0. The molecule has 1 fully saturated rings. The van der Waals surface area contributed by atoms with Crippen molar-refractivity contribution in [1.29, 1.82) is 0 Å². The minimum absolute atomic E-state index is 0.000829. The number of rotatable bonds is 3. The number of carbonyl (C=O) groups is 2. The minimum atomic E-state index is -1.03. The molecule has 0 spiro atoms. The van der Waals surface area contributed by atoms with Crippen LogP contribution in [0.2, 0.25) is 0 Å². The fraction of sp³-hybridized carbons (Fsp3) is 0.833. The zero-order valence-electron chi connectivity index (χ0n) is 11.0. The molecular formula is C12H21NO5. The summed E-state index contributed by atoms with van der Waals surface area (Å²) in [6.45, 7) is 5.54. The number of aliphatic hydroxyl groups is 1. The molecular weight excluding hydrogens is 238 g/mol. The van der Waals surface area contributed by atoms with Crippen molar-refractivity contribution in [2.75, 3.05) is 13.2 Å². The molecule has 0 aliphatic carbocycles. The second-order valence-electron chi connectivity index (χ2n) is 5.60. The Bertz CT molecular complexity index is 323. The van der Waals surface area contributed by atoms with Crippen molar-refractivity contribution in [3.05, 3.63) is 0 Å². The highest BCUT2D eigenvalue weighted by Gasteiger charge is 2.41. The van der Waals surface area contributed by atoms with Gasteiger partial charge in [-0.3, -0.25) is 4.90 Å². The van der Waals surface area contributed by atoms with Crippen LogP contribution in [0.4, 0.5) is 4.79 Å². The molecule has 18 heavy (non-hydrogen) atoms.